The maximum atomic E-state index is 13.8. The van der Waals surface area contributed by atoms with Crippen LogP contribution in [0.15, 0.2) is 34.8 Å². The summed E-state index contributed by atoms with van der Waals surface area (Å²) >= 11 is 2.97. The molecule has 0 aliphatic rings. The molecule has 0 saturated carbocycles. The van der Waals surface area contributed by atoms with Crippen LogP contribution in [0.3, 0.4) is 0 Å². The first-order valence-corrected chi connectivity index (χ1v) is 6.99. The number of halogens is 4. The Morgan fingerprint density at radius 1 is 1.14 bits per heavy atom. The molecule has 0 unspecified atom stereocenters. The quantitative estimate of drug-likeness (QED) is 0.817. The summed E-state index contributed by atoms with van der Waals surface area (Å²) in [5, 5.41) is 0. The molecule has 0 fully saturated rings. The molecular formula is C15H13BrF3NO. The average molecular weight is 360 g/mol. The summed E-state index contributed by atoms with van der Waals surface area (Å²) in [5.41, 5.74) is 5.73. The van der Waals surface area contributed by atoms with E-state index < -0.39 is 23.5 Å². The fourth-order valence-electron chi connectivity index (χ4n) is 1.82. The molecule has 0 bridgehead atoms. The third-order valence-corrected chi connectivity index (χ3v) is 3.60. The SMILES string of the molecule is C[C@@H](N)c1ccc(OCc2c(F)ccc(Br)c2F)cc1F. The second kappa shape index (κ2) is 6.49. The lowest BCUT2D eigenvalue weighted by Gasteiger charge is -2.11. The van der Waals surface area contributed by atoms with Gasteiger partial charge in [0.05, 0.1) is 10.0 Å². The Hall–Kier alpha value is -1.53. The highest BCUT2D eigenvalue weighted by atomic mass is 79.9. The minimum absolute atomic E-state index is 0.140. The van der Waals surface area contributed by atoms with E-state index in [0.29, 0.717) is 5.56 Å². The summed E-state index contributed by atoms with van der Waals surface area (Å²) in [6.45, 7) is 1.32. The van der Waals surface area contributed by atoms with Gasteiger partial charge in [0.1, 0.15) is 29.8 Å². The molecule has 0 heterocycles. The number of benzene rings is 2. The molecule has 0 aliphatic carbocycles. The summed E-state index contributed by atoms with van der Waals surface area (Å²) in [4.78, 5) is 0. The lowest BCUT2D eigenvalue weighted by atomic mass is 10.1. The largest absolute Gasteiger partial charge is 0.489 e. The number of hydrogen-bond donors (Lipinski definition) is 1. The van der Waals surface area contributed by atoms with Gasteiger partial charge in [-0.25, -0.2) is 13.2 Å². The summed E-state index contributed by atoms with van der Waals surface area (Å²) in [6, 6.07) is 6.10. The van der Waals surface area contributed by atoms with E-state index in [-0.39, 0.29) is 22.4 Å². The monoisotopic (exact) mass is 359 g/mol. The van der Waals surface area contributed by atoms with Crippen molar-refractivity contribution in [1.29, 1.82) is 0 Å². The molecule has 112 valence electrons. The lowest BCUT2D eigenvalue weighted by Crippen LogP contribution is -2.08. The highest BCUT2D eigenvalue weighted by molar-refractivity contribution is 9.10. The zero-order chi connectivity index (χ0) is 15.6. The van der Waals surface area contributed by atoms with Crippen molar-refractivity contribution < 1.29 is 17.9 Å². The van der Waals surface area contributed by atoms with Crippen molar-refractivity contribution in [2.45, 2.75) is 19.6 Å². The van der Waals surface area contributed by atoms with Crippen LogP contribution in [-0.2, 0) is 6.61 Å². The predicted octanol–water partition coefficient (Wildman–Crippen LogP) is 4.47. The maximum absolute atomic E-state index is 13.8. The first kappa shape index (κ1) is 15.9. The van der Waals surface area contributed by atoms with E-state index in [9.17, 15) is 13.2 Å². The summed E-state index contributed by atoms with van der Waals surface area (Å²) in [5.74, 6) is -1.79. The summed E-state index contributed by atoms with van der Waals surface area (Å²) in [7, 11) is 0. The van der Waals surface area contributed by atoms with Gasteiger partial charge in [0.25, 0.3) is 0 Å². The lowest BCUT2D eigenvalue weighted by molar-refractivity contribution is 0.290. The number of hydrogen-bond acceptors (Lipinski definition) is 2. The highest BCUT2D eigenvalue weighted by Crippen LogP contribution is 2.25. The maximum Gasteiger partial charge on any atom is 0.146 e. The third-order valence-electron chi connectivity index (χ3n) is 2.98. The van der Waals surface area contributed by atoms with Gasteiger partial charge in [-0.05, 0) is 41.1 Å². The third kappa shape index (κ3) is 3.57. The van der Waals surface area contributed by atoms with Gasteiger partial charge in [-0.1, -0.05) is 6.07 Å². The minimum Gasteiger partial charge on any atom is -0.489 e. The van der Waals surface area contributed by atoms with Crippen LogP contribution in [0, 0.1) is 17.5 Å². The Kier molecular flexibility index (Phi) is 4.90. The van der Waals surface area contributed by atoms with Gasteiger partial charge in [-0.3, -0.25) is 0 Å². The van der Waals surface area contributed by atoms with Crippen LogP contribution in [0.5, 0.6) is 5.75 Å². The molecule has 2 nitrogen and oxygen atoms in total. The molecule has 2 N–H and O–H groups in total. The van der Waals surface area contributed by atoms with Crippen LogP contribution >= 0.6 is 15.9 Å². The fraction of sp³-hybridized carbons (Fsp3) is 0.200. The van der Waals surface area contributed by atoms with E-state index in [4.69, 9.17) is 10.5 Å². The van der Waals surface area contributed by atoms with E-state index in [0.717, 1.165) is 12.1 Å². The molecule has 0 aromatic heterocycles. The molecule has 2 aromatic rings. The fourth-order valence-corrected chi connectivity index (χ4v) is 2.20. The van der Waals surface area contributed by atoms with Gasteiger partial charge in [-0.2, -0.15) is 0 Å². The molecule has 0 radical (unpaired) electrons. The standard InChI is InChI=1S/C15H13BrF3NO/c1-8(20)10-3-2-9(6-14(10)18)21-7-11-13(17)5-4-12(16)15(11)19/h2-6,8H,7,20H2,1H3/t8-/m1/s1. The van der Waals surface area contributed by atoms with E-state index in [2.05, 4.69) is 15.9 Å². The van der Waals surface area contributed by atoms with Gasteiger partial charge in [-0.15, -0.1) is 0 Å². The van der Waals surface area contributed by atoms with Gasteiger partial charge in [0.2, 0.25) is 0 Å². The summed E-state index contributed by atoms with van der Waals surface area (Å²) < 4.78 is 46.4. The first-order chi connectivity index (χ1) is 9.90. The second-order valence-electron chi connectivity index (χ2n) is 4.58. The van der Waals surface area contributed by atoms with Crippen LogP contribution in [0.2, 0.25) is 0 Å². The van der Waals surface area contributed by atoms with Gasteiger partial charge in [0.15, 0.2) is 0 Å². The molecule has 0 saturated heterocycles. The molecule has 1 atom stereocenters. The van der Waals surface area contributed by atoms with Crippen LogP contribution < -0.4 is 10.5 Å². The summed E-state index contributed by atoms with van der Waals surface area (Å²) in [6.07, 6.45) is 0. The smallest absolute Gasteiger partial charge is 0.146 e. The van der Waals surface area contributed by atoms with E-state index in [1.54, 1.807) is 6.92 Å². The number of rotatable bonds is 4. The van der Waals surface area contributed by atoms with Gasteiger partial charge < -0.3 is 10.5 Å². The molecule has 2 rings (SSSR count). The van der Waals surface area contributed by atoms with Crippen molar-refractivity contribution in [3.63, 3.8) is 0 Å². The van der Waals surface area contributed by atoms with E-state index in [1.807, 2.05) is 0 Å². The molecule has 21 heavy (non-hydrogen) atoms. The van der Waals surface area contributed by atoms with Crippen LogP contribution in [0.1, 0.15) is 24.1 Å². The Balaban J connectivity index is 2.18. The Bertz CT molecular complexity index is 662. The molecule has 0 amide bonds. The zero-order valence-corrected chi connectivity index (χ0v) is 12.8. The molecular weight excluding hydrogens is 347 g/mol. The van der Waals surface area contributed by atoms with Crippen molar-refractivity contribution in [2.24, 2.45) is 5.73 Å². The first-order valence-electron chi connectivity index (χ1n) is 6.20. The second-order valence-corrected chi connectivity index (χ2v) is 5.44. The van der Waals surface area contributed by atoms with Crippen LogP contribution in [0.25, 0.3) is 0 Å². The Morgan fingerprint density at radius 2 is 1.86 bits per heavy atom. The Morgan fingerprint density at radius 3 is 2.48 bits per heavy atom. The molecule has 6 heteroatoms. The van der Waals surface area contributed by atoms with Gasteiger partial charge >= 0.3 is 0 Å². The highest BCUT2D eigenvalue weighted by Gasteiger charge is 2.14. The van der Waals surface area contributed by atoms with E-state index >= 15 is 0 Å². The van der Waals surface area contributed by atoms with Crippen molar-refractivity contribution in [2.75, 3.05) is 0 Å². The Labute approximate surface area is 128 Å². The van der Waals surface area contributed by atoms with Crippen molar-refractivity contribution in [1.82, 2.24) is 0 Å². The van der Waals surface area contributed by atoms with Crippen LogP contribution in [-0.4, -0.2) is 0 Å². The van der Waals surface area contributed by atoms with Crippen molar-refractivity contribution in [3.8, 4) is 5.75 Å². The average Bonchev–Trinajstić information content (AvgIpc) is 2.43. The number of nitrogens with two attached hydrogens (primary N) is 1. The minimum atomic E-state index is -0.734. The predicted molar refractivity (Wildman–Crippen MR) is 77.4 cm³/mol. The zero-order valence-electron chi connectivity index (χ0n) is 11.2. The van der Waals surface area contributed by atoms with Crippen molar-refractivity contribution in [3.05, 3.63) is 63.4 Å². The molecule has 0 aliphatic heterocycles. The normalized spacial score (nSPS) is 12.3. The van der Waals surface area contributed by atoms with E-state index in [1.165, 1.54) is 18.2 Å². The van der Waals surface area contributed by atoms with Gasteiger partial charge in [0, 0.05) is 17.7 Å². The van der Waals surface area contributed by atoms with Crippen LogP contribution in [0.4, 0.5) is 13.2 Å². The molecule has 2 aromatic carbocycles. The van der Waals surface area contributed by atoms with Crippen molar-refractivity contribution >= 4 is 15.9 Å². The molecule has 0 spiro atoms. The number of ether oxygens (including phenoxy) is 1. The topological polar surface area (TPSA) is 35.2 Å².